The summed E-state index contributed by atoms with van der Waals surface area (Å²) in [5.74, 6) is 0.569. The molecule has 0 spiro atoms. The zero-order valence-corrected chi connectivity index (χ0v) is 13.6. The maximum atomic E-state index is 12.0. The molecule has 0 aromatic heterocycles. The van der Waals surface area contributed by atoms with Gasteiger partial charge in [0.25, 0.3) is 5.91 Å². The van der Waals surface area contributed by atoms with Crippen LogP contribution < -0.4 is 5.32 Å². The van der Waals surface area contributed by atoms with E-state index in [-0.39, 0.29) is 5.91 Å². The van der Waals surface area contributed by atoms with E-state index in [9.17, 15) is 4.79 Å². The second-order valence-corrected chi connectivity index (χ2v) is 6.02. The van der Waals surface area contributed by atoms with E-state index in [1.807, 2.05) is 61.5 Å². The van der Waals surface area contributed by atoms with Gasteiger partial charge in [-0.2, -0.15) is 0 Å². The van der Waals surface area contributed by atoms with E-state index in [4.69, 9.17) is 11.6 Å². The summed E-state index contributed by atoms with van der Waals surface area (Å²) < 4.78 is 0. The highest BCUT2D eigenvalue weighted by atomic mass is 35.5. The van der Waals surface area contributed by atoms with Crippen molar-refractivity contribution in [2.45, 2.75) is 19.8 Å². The van der Waals surface area contributed by atoms with Crippen molar-refractivity contribution in [3.05, 3.63) is 75.9 Å². The molecule has 3 nitrogen and oxygen atoms in total. The number of amidine groups is 1. The summed E-state index contributed by atoms with van der Waals surface area (Å²) in [7, 11) is 0. The molecule has 1 amide bonds. The number of aryl methyl sites for hydroxylation is 2. The minimum absolute atomic E-state index is 0.142. The number of carbonyl (C=O) groups excluding carboxylic acids is 1. The monoisotopic (exact) mass is 324 g/mol. The van der Waals surface area contributed by atoms with Crippen LogP contribution in [0, 0.1) is 6.92 Å². The normalized spacial score (nSPS) is 15.7. The third-order valence-corrected chi connectivity index (χ3v) is 3.94. The van der Waals surface area contributed by atoms with Crippen molar-refractivity contribution in [2.75, 3.05) is 0 Å². The summed E-state index contributed by atoms with van der Waals surface area (Å²) in [6.45, 7) is 2.03. The Labute approximate surface area is 140 Å². The van der Waals surface area contributed by atoms with Gasteiger partial charge in [0.15, 0.2) is 0 Å². The summed E-state index contributed by atoms with van der Waals surface area (Å²) >= 11 is 5.88. The third kappa shape index (κ3) is 4.08. The Kier molecular flexibility index (Phi) is 4.58. The van der Waals surface area contributed by atoms with Crippen molar-refractivity contribution in [2.24, 2.45) is 4.99 Å². The molecule has 0 fully saturated rings. The number of nitrogens with one attached hydrogen (secondary N) is 1. The van der Waals surface area contributed by atoms with Crippen LogP contribution in [0.5, 0.6) is 0 Å². The fourth-order valence-electron chi connectivity index (χ4n) is 2.37. The molecule has 0 aliphatic carbocycles. The Hall–Kier alpha value is -2.39. The van der Waals surface area contributed by atoms with Crippen molar-refractivity contribution < 1.29 is 4.79 Å². The van der Waals surface area contributed by atoms with Gasteiger partial charge < -0.3 is 5.32 Å². The van der Waals surface area contributed by atoms with Gasteiger partial charge in [-0.1, -0.05) is 53.6 Å². The van der Waals surface area contributed by atoms with Gasteiger partial charge in [0.05, 0.1) is 0 Å². The van der Waals surface area contributed by atoms with Crippen LogP contribution in [-0.4, -0.2) is 11.7 Å². The molecule has 3 rings (SSSR count). The first-order valence-electron chi connectivity index (χ1n) is 7.52. The lowest BCUT2D eigenvalue weighted by molar-refractivity contribution is -0.115. The average molecular weight is 325 g/mol. The molecule has 0 saturated heterocycles. The minimum atomic E-state index is -0.142. The Morgan fingerprint density at radius 1 is 1.04 bits per heavy atom. The quantitative estimate of drug-likeness (QED) is 0.843. The number of carbonyl (C=O) groups is 1. The molecule has 1 aliphatic rings. The van der Waals surface area contributed by atoms with Crippen molar-refractivity contribution in [3.8, 4) is 0 Å². The number of aliphatic imine (C=N–C) groups is 1. The van der Waals surface area contributed by atoms with Crippen molar-refractivity contribution in [1.82, 2.24) is 5.32 Å². The Balaban J connectivity index is 1.68. The molecule has 0 radical (unpaired) electrons. The molecule has 2 aromatic rings. The summed E-state index contributed by atoms with van der Waals surface area (Å²) in [5, 5.41) is 3.56. The number of hydrogen-bond donors (Lipinski definition) is 1. The van der Waals surface area contributed by atoms with Crippen LogP contribution in [0.2, 0.25) is 5.02 Å². The van der Waals surface area contributed by atoms with Gasteiger partial charge in [-0.15, -0.1) is 0 Å². The predicted molar refractivity (Wildman–Crippen MR) is 94.5 cm³/mol. The summed E-state index contributed by atoms with van der Waals surface area (Å²) in [5.41, 5.74) is 3.79. The molecule has 4 heteroatoms. The minimum Gasteiger partial charge on any atom is -0.309 e. The molecule has 0 saturated carbocycles. The number of benzene rings is 2. The molecule has 2 aromatic carbocycles. The summed E-state index contributed by atoms with van der Waals surface area (Å²) in [6.07, 6.45) is 3.32. The highest BCUT2D eigenvalue weighted by Gasteiger charge is 2.19. The van der Waals surface area contributed by atoms with Crippen molar-refractivity contribution >= 4 is 29.4 Å². The fraction of sp³-hybridized carbons (Fsp3) is 0.158. The number of nitrogens with zero attached hydrogens (tertiary/aromatic N) is 1. The van der Waals surface area contributed by atoms with Crippen molar-refractivity contribution in [1.29, 1.82) is 0 Å². The maximum absolute atomic E-state index is 12.0. The zero-order chi connectivity index (χ0) is 16.2. The van der Waals surface area contributed by atoms with Gasteiger partial charge >= 0.3 is 0 Å². The Bertz CT molecular complexity index is 774. The standard InChI is InChI=1S/C19H17ClN2O/c1-13-2-4-15(5-3-13)12-17-19(23)22-18(21-17)11-8-14-6-9-16(20)10-7-14/h2-7,9-10,12H,8,11H2,1H3,(H,21,22,23)/b17-12+. The van der Waals surface area contributed by atoms with Crippen LogP contribution >= 0.6 is 11.6 Å². The zero-order valence-electron chi connectivity index (χ0n) is 12.8. The topological polar surface area (TPSA) is 41.5 Å². The molecule has 1 heterocycles. The first-order valence-corrected chi connectivity index (χ1v) is 7.90. The van der Waals surface area contributed by atoms with E-state index in [0.29, 0.717) is 18.0 Å². The number of hydrogen-bond acceptors (Lipinski definition) is 2. The van der Waals surface area contributed by atoms with E-state index < -0.39 is 0 Å². The first-order chi connectivity index (χ1) is 11.1. The molecule has 0 bridgehead atoms. The van der Waals surface area contributed by atoms with Gasteiger partial charge in [-0.25, -0.2) is 4.99 Å². The van der Waals surface area contributed by atoms with Crippen LogP contribution in [0.1, 0.15) is 23.1 Å². The lowest BCUT2D eigenvalue weighted by Gasteiger charge is -2.01. The average Bonchev–Trinajstić information content (AvgIpc) is 2.89. The summed E-state index contributed by atoms with van der Waals surface area (Å²) in [4.78, 5) is 16.4. The SMILES string of the molecule is Cc1ccc(/C=C2/N=C(CCc3ccc(Cl)cc3)NC2=O)cc1. The predicted octanol–water partition coefficient (Wildman–Crippen LogP) is 4.15. The molecule has 116 valence electrons. The van der Waals surface area contributed by atoms with Crippen molar-refractivity contribution in [3.63, 3.8) is 0 Å². The van der Waals surface area contributed by atoms with E-state index in [0.717, 1.165) is 17.0 Å². The largest absolute Gasteiger partial charge is 0.309 e. The van der Waals surface area contributed by atoms with E-state index in [2.05, 4.69) is 10.3 Å². The molecule has 0 atom stereocenters. The van der Waals surface area contributed by atoms with Crippen LogP contribution in [0.15, 0.2) is 59.2 Å². The van der Waals surface area contributed by atoms with Crippen LogP contribution in [-0.2, 0) is 11.2 Å². The highest BCUT2D eigenvalue weighted by molar-refractivity contribution is 6.30. The molecule has 23 heavy (non-hydrogen) atoms. The third-order valence-electron chi connectivity index (χ3n) is 3.69. The van der Waals surface area contributed by atoms with E-state index in [1.165, 1.54) is 11.1 Å². The summed E-state index contributed by atoms with van der Waals surface area (Å²) in [6, 6.07) is 15.7. The van der Waals surface area contributed by atoms with Crippen LogP contribution in [0.3, 0.4) is 0 Å². The molecular weight excluding hydrogens is 308 g/mol. The van der Waals surface area contributed by atoms with Gasteiger partial charge in [-0.05, 0) is 42.7 Å². The molecular formula is C19H17ClN2O. The number of amides is 1. The molecule has 1 aliphatic heterocycles. The van der Waals surface area contributed by atoms with Gasteiger partial charge in [-0.3, -0.25) is 4.79 Å². The Morgan fingerprint density at radius 3 is 2.43 bits per heavy atom. The van der Waals surface area contributed by atoms with Gasteiger partial charge in [0.2, 0.25) is 0 Å². The second kappa shape index (κ2) is 6.80. The second-order valence-electron chi connectivity index (χ2n) is 5.58. The highest BCUT2D eigenvalue weighted by Crippen LogP contribution is 2.15. The first kappa shape index (κ1) is 15.5. The van der Waals surface area contributed by atoms with Gasteiger partial charge in [0, 0.05) is 11.4 Å². The number of halogens is 1. The number of rotatable bonds is 4. The Morgan fingerprint density at radius 2 is 1.74 bits per heavy atom. The molecule has 0 unspecified atom stereocenters. The van der Waals surface area contributed by atoms with Crippen LogP contribution in [0.25, 0.3) is 6.08 Å². The van der Waals surface area contributed by atoms with Gasteiger partial charge in [0.1, 0.15) is 11.5 Å². The van der Waals surface area contributed by atoms with E-state index in [1.54, 1.807) is 0 Å². The van der Waals surface area contributed by atoms with E-state index >= 15 is 0 Å². The smallest absolute Gasteiger partial charge is 0.275 e. The lowest BCUT2D eigenvalue weighted by Crippen LogP contribution is -2.24. The van der Waals surface area contributed by atoms with Crippen LogP contribution in [0.4, 0.5) is 0 Å². The lowest BCUT2D eigenvalue weighted by atomic mass is 10.1. The fourth-order valence-corrected chi connectivity index (χ4v) is 2.50. The molecule has 1 N–H and O–H groups in total. The maximum Gasteiger partial charge on any atom is 0.275 e.